The van der Waals surface area contributed by atoms with Crippen LogP contribution in [-0.4, -0.2) is 65.9 Å². The molecule has 30 heavy (non-hydrogen) atoms. The van der Waals surface area contributed by atoms with Gasteiger partial charge in [0.1, 0.15) is 0 Å². The van der Waals surface area contributed by atoms with Gasteiger partial charge in [0, 0.05) is 64.2 Å². The fraction of sp³-hybridized carbons (Fsp3) is 0.478. The molecular formula is C23H34N4O2S. The van der Waals surface area contributed by atoms with Gasteiger partial charge in [0.2, 0.25) is 10.0 Å². The Kier molecular flexibility index (Phi) is 7.75. The van der Waals surface area contributed by atoms with Crippen LogP contribution in [0.5, 0.6) is 0 Å². The van der Waals surface area contributed by atoms with Gasteiger partial charge >= 0.3 is 0 Å². The van der Waals surface area contributed by atoms with Crippen molar-refractivity contribution in [2.24, 2.45) is 0 Å². The number of sulfonamides is 1. The van der Waals surface area contributed by atoms with Crippen molar-refractivity contribution in [3.8, 4) is 0 Å². The first-order valence-corrected chi connectivity index (χ1v) is 12.3. The summed E-state index contributed by atoms with van der Waals surface area (Å²) in [6.45, 7) is 5.93. The number of nitrogens with zero attached hydrogens (tertiary/aromatic N) is 3. The van der Waals surface area contributed by atoms with Crippen molar-refractivity contribution < 1.29 is 8.42 Å². The molecule has 0 radical (unpaired) electrons. The summed E-state index contributed by atoms with van der Waals surface area (Å²) in [7, 11) is 0.800. The summed E-state index contributed by atoms with van der Waals surface area (Å²) in [5.74, 6) is 0.168. The van der Waals surface area contributed by atoms with Crippen molar-refractivity contribution in [2.45, 2.75) is 19.4 Å². The zero-order valence-electron chi connectivity index (χ0n) is 18.3. The molecule has 1 fully saturated rings. The SMILES string of the molecule is CCCS(=O)(=O)NCC(c1ccc(N(C)C)cc1)N1CCN(c2ccccc2)CC1. The second kappa shape index (κ2) is 10.3. The Hall–Kier alpha value is -2.09. The van der Waals surface area contributed by atoms with Crippen LogP contribution >= 0.6 is 0 Å². The monoisotopic (exact) mass is 430 g/mol. The van der Waals surface area contributed by atoms with E-state index in [9.17, 15) is 8.42 Å². The standard InChI is InChI=1S/C23H34N4O2S/c1-4-18-30(28,29)24-19-23(20-10-12-21(13-11-20)25(2)3)27-16-14-26(15-17-27)22-8-6-5-7-9-22/h5-13,23-24H,4,14-19H2,1-3H3. The number of hydrogen-bond donors (Lipinski definition) is 1. The lowest BCUT2D eigenvalue weighted by Gasteiger charge is -2.40. The first-order valence-electron chi connectivity index (χ1n) is 10.7. The number of anilines is 2. The second-order valence-electron chi connectivity index (χ2n) is 8.03. The minimum Gasteiger partial charge on any atom is -0.378 e. The summed E-state index contributed by atoms with van der Waals surface area (Å²) in [6.07, 6.45) is 0.618. The summed E-state index contributed by atoms with van der Waals surface area (Å²) in [5, 5.41) is 0. The Morgan fingerprint density at radius 1 is 0.967 bits per heavy atom. The Bertz CT molecular complexity index is 877. The molecule has 1 N–H and O–H groups in total. The summed E-state index contributed by atoms with van der Waals surface area (Å²) < 4.78 is 27.4. The number of benzene rings is 2. The minimum absolute atomic E-state index is 0.0192. The van der Waals surface area contributed by atoms with Crippen LogP contribution in [0.4, 0.5) is 11.4 Å². The average Bonchev–Trinajstić information content (AvgIpc) is 2.75. The molecule has 1 aliphatic heterocycles. The average molecular weight is 431 g/mol. The molecule has 7 heteroatoms. The third kappa shape index (κ3) is 5.97. The van der Waals surface area contributed by atoms with Gasteiger partial charge in [-0.2, -0.15) is 0 Å². The largest absolute Gasteiger partial charge is 0.378 e. The van der Waals surface area contributed by atoms with Crippen molar-refractivity contribution in [3.63, 3.8) is 0 Å². The fourth-order valence-electron chi connectivity index (χ4n) is 3.93. The molecule has 1 heterocycles. The van der Waals surface area contributed by atoms with Crippen LogP contribution in [0.25, 0.3) is 0 Å². The van der Waals surface area contributed by atoms with Gasteiger partial charge in [-0.3, -0.25) is 4.90 Å². The predicted molar refractivity (Wildman–Crippen MR) is 126 cm³/mol. The smallest absolute Gasteiger partial charge is 0.211 e. The van der Waals surface area contributed by atoms with Crippen molar-refractivity contribution in [3.05, 3.63) is 60.2 Å². The molecule has 1 aliphatic rings. The van der Waals surface area contributed by atoms with E-state index >= 15 is 0 Å². The van der Waals surface area contributed by atoms with E-state index in [0.29, 0.717) is 13.0 Å². The van der Waals surface area contributed by atoms with Crippen LogP contribution in [-0.2, 0) is 10.0 Å². The van der Waals surface area contributed by atoms with Crippen LogP contribution < -0.4 is 14.5 Å². The number of para-hydroxylation sites is 1. The van der Waals surface area contributed by atoms with Crippen LogP contribution in [0, 0.1) is 0 Å². The van der Waals surface area contributed by atoms with E-state index in [0.717, 1.165) is 37.4 Å². The second-order valence-corrected chi connectivity index (χ2v) is 9.95. The maximum Gasteiger partial charge on any atom is 0.211 e. The molecule has 6 nitrogen and oxygen atoms in total. The van der Waals surface area contributed by atoms with E-state index < -0.39 is 10.0 Å². The zero-order chi connectivity index (χ0) is 21.6. The summed E-state index contributed by atoms with van der Waals surface area (Å²) >= 11 is 0. The van der Waals surface area contributed by atoms with E-state index in [1.807, 2.05) is 27.1 Å². The Labute approximate surface area is 181 Å². The highest BCUT2D eigenvalue weighted by atomic mass is 32.2. The molecule has 0 amide bonds. The Morgan fingerprint density at radius 3 is 2.17 bits per heavy atom. The fourth-order valence-corrected chi connectivity index (χ4v) is 5.02. The van der Waals surface area contributed by atoms with Gasteiger partial charge in [0.15, 0.2) is 0 Å². The van der Waals surface area contributed by atoms with Gasteiger partial charge in [-0.25, -0.2) is 13.1 Å². The molecule has 1 unspecified atom stereocenters. The summed E-state index contributed by atoms with van der Waals surface area (Å²) in [6, 6.07) is 18.9. The molecule has 2 aromatic carbocycles. The topological polar surface area (TPSA) is 55.9 Å². The number of hydrogen-bond acceptors (Lipinski definition) is 5. The number of nitrogens with one attached hydrogen (secondary N) is 1. The third-order valence-electron chi connectivity index (χ3n) is 5.64. The molecule has 0 bridgehead atoms. The van der Waals surface area contributed by atoms with Crippen LogP contribution in [0.15, 0.2) is 54.6 Å². The van der Waals surface area contributed by atoms with E-state index in [-0.39, 0.29) is 11.8 Å². The van der Waals surface area contributed by atoms with Crippen molar-refractivity contribution >= 4 is 21.4 Å². The lowest BCUT2D eigenvalue weighted by molar-refractivity contribution is 0.187. The van der Waals surface area contributed by atoms with E-state index in [4.69, 9.17) is 0 Å². The molecule has 0 saturated carbocycles. The number of rotatable bonds is 9. The van der Waals surface area contributed by atoms with E-state index in [1.165, 1.54) is 5.69 Å². The van der Waals surface area contributed by atoms with Crippen molar-refractivity contribution in [1.82, 2.24) is 9.62 Å². The van der Waals surface area contributed by atoms with Gasteiger partial charge in [-0.15, -0.1) is 0 Å². The molecular weight excluding hydrogens is 396 g/mol. The van der Waals surface area contributed by atoms with E-state index in [2.05, 4.69) is 68.0 Å². The van der Waals surface area contributed by atoms with Crippen LogP contribution in [0.2, 0.25) is 0 Å². The maximum absolute atomic E-state index is 12.3. The van der Waals surface area contributed by atoms with Gasteiger partial charge < -0.3 is 9.80 Å². The molecule has 0 aromatic heterocycles. The lowest BCUT2D eigenvalue weighted by atomic mass is 10.0. The van der Waals surface area contributed by atoms with Gasteiger partial charge in [-0.1, -0.05) is 37.3 Å². The third-order valence-corrected chi connectivity index (χ3v) is 7.19. The maximum atomic E-state index is 12.3. The van der Waals surface area contributed by atoms with Crippen molar-refractivity contribution in [1.29, 1.82) is 0 Å². The Balaban J connectivity index is 1.74. The lowest BCUT2D eigenvalue weighted by Crippen LogP contribution is -2.50. The highest BCUT2D eigenvalue weighted by Crippen LogP contribution is 2.26. The van der Waals surface area contributed by atoms with Crippen molar-refractivity contribution in [2.75, 3.05) is 62.4 Å². The molecule has 2 aromatic rings. The molecule has 3 rings (SSSR count). The first-order chi connectivity index (χ1) is 14.4. The molecule has 1 saturated heterocycles. The summed E-state index contributed by atoms with van der Waals surface area (Å²) in [5.41, 5.74) is 3.53. The predicted octanol–water partition coefficient (Wildman–Crippen LogP) is 2.95. The zero-order valence-corrected chi connectivity index (χ0v) is 19.1. The van der Waals surface area contributed by atoms with Gasteiger partial charge in [-0.05, 0) is 36.2 Å². The molecule has 0 aliphatic carbocycles. The Morgan fingerprint density at radius 2 is 1.60 bits per heavy atom. The first kappa shape index (κ1) is 22.6. The van der Waals surface area contributed by atoms with Gasteiger partial charge in [0.05, 0.1) is 5.75 Å². The van der Waals surface area contributed by atoms with E-state index in [1.54, 1.807) is 0 Å². The van der Waals surface area contributed by atoms with Gasteiger partial charge in [0.25, 0.3) is 0 Å². The normalized spacial score (nSPS) is 16.4. The summed E-state index contributed by atoms with van der Waals surface area (Å²) in [4.78, 5) is 6.86. The molecule has 0 spiro atoms. The quantitative estimate of drug-likeness (QED) is 0.663. The highest BCUT2D eigenvalue weighted by Gasteiger charge is 2.26. The minimum atomic E-state index is -3.24. The molecule has 164 valence electrons. The molecule has 1 atom stereocenters. The van der Waals surface area contributed by atoms with Crippen LogP contribution in [0.1, 0.15) is 24.9 Å². The highest BCUT2D eigenvalue weighted by molar-refractivity contribution is 7.89. The van der Waals surface area contributed by atoms with Crippen LogP contribution in [0.3, 0.4) is 0 Å². The number of piperazine rings is 1.